The molecule has 0 N–H and O–H groups in total. The molecule has 1 heterocycles. The fourth-order valence-corrected chi connectivity index (χ4v) is 5.44. The Morgan fingerprint density at radius 1 is 0.972 bits per heavy atom. The number of nitrogens with zero attached hydrogens (tertiary/aromatic N) is 1. The largest absolute Gasteiger partial charge is 0.493 e. The first-order valence-corrected chi connectivity index (χ1v) is 13.8. The Kier molecular flexibility index (Phi) is 10.1. The van der Waals surface area contributed by atoms with E-state index in [9.17, 15) is 13.2 Å². The number of para-hydroxylation sites is 1. The van der Waals surface area contributed by atoms with Crippen LogP contribution < -0.4 is 4.74 Å². The van der Waals surface area contributed by atoms with Crippen molar-refractivity contribution < 1.29 is 27.1 Å². The van der Waals surface area contributed by atoms with Crippen LogP contribution in [0.3, 0.4) is 0 Å². The van der Waals surface area contributed by atoms with Crippen LogP contribution in [0.1, 0.15) is 52.0 Å². The van der Waals surface area contributed by atoms with Gasteiger partial charge in [-0.05, 0) is 82.5 Å². The van der Waals surface area contributed by atoms with Gasteiger partial charge in [0.2, 0.25) is 10.0 Å². The Morgan fingerprint density at radius 3 is 2.39 bits per heavy atom. The van der Waals surface area contributed by atoms with Gasteiger partial charge in [-0.1, -0.05) is 18.2 Å². The van der Waals surface area contributed by atoms with Gasteiger partial charge in [-0.15, -0.1) is 0 Å². The molecule has 0 unspecified atom stereocenters. The van der Waals surface area contributed by atoms with Gasteiger partial charge in [0.05, 0.1) is 24.4 Å². The lowest BCUT2D eigenvalue weighted by Crippen LogP contribution is -2.36. The molecule has 0 atom stereocenters. The normalized spacial score (nSPS) is 11.7. The van der Waals surface area contributed by atoms with Gasteiger partial charge in [0, 0.05) is 30.1 Å². The number of hydrogen-bond acceptors (Lipinski definition) is 6. The minimum absolute atomic E-state index is 0.172. The maximum atomic E-state index is 13.5. The summed E-state index contributed by atoms with van der Waals surface area (Å²) in [7, 11) is -3.74. The maximum Gasteiger partial charge on any atom is 0.305 e. The second-order valence-electron chi connectivity index (χ2n) is 8.72. The molecular formula is C28H35NO6S. The van der Waals surface area contributed by atoms with E-state index in [1.165, 1.54) is 4.31 Å². The number of carbonyl (C=O) groups excluding carboxylic acids is 1. The van der Waals surface area contributed by atoms with Crippen molar-refractivity contribution in [3.63, 3.8) is 0 Å². The third kappa shape index (κ3) is 7.45. The second kappa shape index (κ2) is 13.3. The maximum absolute atomic E-state index is 13.5. The first-order chi connectivity index (χ1) is 17.3. The van der Waals surface area contributed by atoms with Gasteiger partial charge >= 0.3 is 5.97 Å². The van der Waals surface area contributed by atoms with Gasteiger partial charge in [0.1, 0.15) is 11.5 Å². The van der Waals surface area contributed by atoms with Crippen molar-refractivity contribution in [3.05, 3.63) is 72.5 Å². The van der Waals surface area contributed by atoms with Crippen LogP contribution in [0, 0.1) is 0 Å². The summed E-state index contributed by atoms with van der Waals surface area (Å²) in [5.41, 5.74) is 1.62. The number of hydrogen-bond donors (Lipinski definition) is 0. The van der Waals surface area contributed by atoms with Gasteiger partial charge in [0.15, 0.2) is 0 Å². The lowest BCUT2D eigenvalue weighted by Gasteiger charge is -2.27. The summed E-state index contributed by atoms with van der Waals surface area (Å²) in [4.78, 5) is 11.7. The highest BCUT2D eigenvalue weighted by molar-refractivity contribution is 7.89. The van der Waals surface area contributed by atoms with E-state index < -0.39 is 10.0 Å². The van der Waals surface area contributed by atoms with Crippen LogP contribution in [0.15, 0.2) is 76.2 Å². The molecule has 194 valence electrons. The Balaban J connectivity index is 1.65. The minimum atomic E-state index is -3.74. The molecule has 0 spiro atoms. The molecule has 0 saturated heterocycles. The molecule has 3 aromatic rings. The number of unbranched alkanes of at least 4 members (excludes halogenated alkanes) is 2. The third-order valence-corrected chi connectivity index (χ3v) is 7.77. The number of benzene rings is 2. The molecule has 1 aromatic heterocycles. The Hall–Kier alpha value is -3.10. The number of sulfonamides is 1. The van der Waals surface area contributed by atoms with Crippen LogP contribution in [0.4, 0.5) is 0 Å². The minimum Gasteiger partial charge on any atom is -0.493 e. The molecule has 0 aliphatic heterocycles. The van der Waals surface area contributed by atoms with Crippen molar-refractivity contribution in [2.45, 2.75) is 63.9 Å². The number of carbonyl (C=O) groups is 1. The predicted octanol–water partition coefficient (Wildman–Crippen LogP) is 6.05. The average Bonchev–Trinajstić information content (AvgIpc) is 3.40. The third-order valence-electron chi connectivity index (χ3n) is 5.73. The summed E-state index contributed by atoms with van der Waals surface area (Å²) in [6.45, 7) is 6.61. The fourth-order valence-electron chi connectivity index (χ4n) is 3.82. The predicted molar refractivity (Wildman–Crippen MR) is 139 cm³/mol. The summed E-state index contributed by atoms with van der Waals surface area (Å²) >= 11 is 0. The van der Waals surface area contributed by atoms with Gasteiger partial charge in [-0.25, -0.2) is 8.42 Å². The van der Waals surface area contributed by atoms with Crippen molar-refractivity contribution >= 4 is 16.0 Å². The zero-order valence-electron chi connectivity index (χ0n) is 21.2. The first kappa shape index (κ1) is 27.5. The van der Waals surface area contributed by atoms with Crippen LogP contribution >= 0.6 is 0 Å². The van der Waals surface area contributed by atoms with Crippen LogP contribution in [-0.2, 0) is 26.1 Å². The highest BCUT2D eigenvalue weighted by Crippen LogP contribution is 2.28. The lowest BCUT2D eigenvalue weighted by atomic mass is 10.2. The average molecular weight is 514 g/mol. The van der Waals surface area contributed by atoms with E-state index in [-0.39, 0.29) is 23.5 Å². The highest BCUT2D eigenvalue weighted by Gasteiger charge is 2.28. The summed E-state index contributed by atoms with van der Waals surface area (Å²) in [6, 6.07) is 17.6. The van der Waals surface area contributed by atoms with E-state index in [4.69, 9.17) is 13.9 Å². The molecule has 8 heteroatoms. The highest BCUT2D eigenvalue weighted by atomic mass is 32.2. The van der Waals surface area contributed by atoms with Crippen LogP contribution in [0.5, 0.6) is 5.75 Å². The first-order valence-electron chi connectivity index (χ1n) is 12.3. The van der Waals surface area contributed by atoms with Gasteiger partial charge in [-0.2, -0.15) is 4.31 Å². The molecule has 7 nitrogen and oxygen atoms in total. The molecule has 0 aliphatic rings. The quantitative estimate of drug-likeness (QED) is 0.193. The lowest BCUT2D eigenvalue weighted by molar-refractivity contribution is -0.143. The monoisotopic (exact) mass is 513 g/mol. The van der Waals surface area contributed by atoms with Crippen molar-refractivity contribution in [2.75, 3.05) is 13.2 Å². The molecule has 2 aromatic carbocycles. The smallest absolute Gasteiger partial charge is 0.305 e. The standard InChI is InChI=1S/C28H35NO6S/c1-4-33-28(30)14-6-5-9-19-34-27-12-8-7-11-24(27)21-29(22(2)3)36(31,32)25-17-15-23(16-18-25)26-13-10-20-35-26/h7-8,10-13,15-18,20,22H,4-6,9,14,19,21H2,1-3H3. The van der Waals surface area contributed by atoms with E-state index in [1.54, 1.807) is 43.5 Å². The van der Waals surface area contributed by atoms with E-state index in [0.29, 0.717) is 31.1 Å². The zero-order valence-corrected chi connectivity index (χ0v) is 22.0. The van der Waals surface area contributed by atoms with E-state index in [1.807, 2.05) is 44.2 Å². The molecule has 0 amide bonds. The summed E-state index contributed by atoms with van der Waals surface area (Å²) in [5, 5.41) is 0. The summed E-state index contributed by atoms with van der Waals surface area (Å²) in [5.74, 6) is 1.18. The van der Waals surface area contributed by atoms with Crippen LogP contribution in [0.2, 0.25) is 0 Å². The SMILES string of the molecule is CCOC(=O)CCCCCOc1ccccc1CN(C(C)C)S(=O)(=O)c1ccc(-c2ccco2)cc1. The summed E-state index contributed by atoms with van der Waals surface area (Å²) in [6.07, 6.45) is 4.39. The molecule has 0 bridgehead atoms. The molecule has 36 heavy (non-hydrogen) atoms. The molecule has 0 saturated carbocycles. The van der Waals surface area contributed by atoms with Gasteiger partial charge < -0.3 is 13.9 Å². The van der Waals surface area contributed by atoms with E-state index in [0.717, 1.165) is 30.4 Å². The van der Waals surface area contributed by atoms with Gasteiger partial charge in [0.25, 0.3) is 0 Å². The Bertz CT molecular complexity index is 1190. The number of ether oxygens (including phenoxy) is 2. The number of furan rings is 1. The Labute approximate surface area is 214 Å². The van der Waals surface area contributed by atoms with Crippen molar-refractivity contribution in [1.82, 2.24) is 4.31 Å². The summed E-state index contributed by atoms with van der Waals surface area (Å²) < 4.78 is 44.9. The van der Waals surface area contributed by atoms with E-state index >= 15 is 0 Å². The van der Waals surface area contributed by atoms with Crippen molar-refractivity contribution in [2.24, 2.45) is 0 Å². The van der Waals surface area contributed by atoms with Crippen LogP contribution in [0.25, 0.3) is 11.3 Å². The van der Waals surface area contributed by atoms with E-state index in [2.05, 4.69) is 0 Å². The van der Waals surface area contributed by atoms with Gasteiger partial charge in [-0.3, -0.25) is 4.79 Å². The molecular weight excluding hydrogens is 478 g/mol. The van der Waals surface area contributed by atoms with Crippen molar-refractivity contribution in [3.8, 4) is 17.1 Å². The second-order valence-corrected chi connectivity index (χ2v) is 10.6. The molecule has 0 fully saturated rings. The van der Waals surface area contributed by atoms with Crippen LogP contribution in [-0.4, -0.2) is 37.9 Å². The molecule has 0 aliphatic carbocycles. The number of rotatable bonds is 14. The number of esters is 1. The fraction of sp³-hybridized carbons (Fsp3) is 0.393. The van der Waals surface area contributed by atoms with Crippen molar-refractivity contribution in [1.29, 1.82) is 0 Å². The zero-order chi connectivity index (χ0) is 26.0. The Morgan fingerprint density at radius 2 is 1.72 bits per heavy atom. The molecule has 0 radical (unpaired) electrons. The molecule has 3 rings (SSSR count). The topological polar surface area (TPSA) is 86.0 Å².